The number of aromatic nitrogens is 3. The Morgan fingerprint density at radius 1 is 1.39 bits per heavy atom. The number of hydrogen-bond donors (Lipinski definition) is 2. The standard InChI is InChI=1S/C12H15N5O/c1-18-9-5-4-8(6-15-9)10-11(13)17(14)12(16-10)7-2-3-7/h4-7H,2-3,13-14H2,1H3. The van der Waals surface area contributed by atoms with Crippen molar-refractivity contribution in [3.8, 4) is 17.1 Å². The van der Waals surface area contributed by atoms with E-state index in [1.807, 2.05) is 6.07 Å². The normalized spacial score (nSPS) is 14.7. The topological polar surface area (TPSA) is 92.0 Å². The molecular formula is C12H15N5O. The lowest BCUT2D eigenvalue weighted by molar-refractivity contribution is 0.398. The predicted octanol–water partition coefficient (Wildman–Crippen LogP) is 1.13. The van der Waals surface area contributed by atoms with Gasteiger partial charge in [-0.3, -0.25) is 0 Å². The second-order valence-electron chi connectivity index (χ2n) is 4.44. The van der Waals surface area contributed by atoms with E-state index in [1.165, 1.54) is 4.68 Å². The Hall–Kier alpha value is -2.24. The summed E-state index contributed by atoms with van der Waals surface area (Å²) < 4.78 is 6.50. The van der Waals surface area contributed by atoms with Gasteiger partial charge in [0, 0.05) is 23.7 Å². The molecule has 0 aromatic carbocycles. The van der Waals surface area contributed by atoms with Crippen molar-refractivity contribution in [1.29, 1.82) is 0 Å². The van der Waals surface area contributed by atoms with E-state index in [0.29, 0.717) is 23.3 Å². The molecule has 1 aliphatic carbocycles. The van der Waals surface area contributed by atoms with Crippen LogP contribution in [0.3, 0.4) is 0 Å². The molecular weight excluding hydrogens is 230 g/mol. The van der Waals surface area contributed by atoms with Crippen molar-refractivity contribution in [3.05, 3.63) is 24.2 Å². The summed E-state index contributed by atoms with van der Waals surface area (Å²) in [7, 11) is 1.58. The van der Waals surface area contributed by atoms with Crippen LogP contribution in [0.15, 0.2) is 18.3 Å². The number of nitrogens with two attached hydrogens (primary N) is 2. The van der Waals surface area contributed by atoms with Crippen molar-refractivity contribution < 1.29 is 4.74 Å². The number of nitrogens with zero attached hydrogens (tertiary/aromatic N) is 3. The van der Waals surface area contributed by atoms with Crippen molar-refractivity contribution in [2.24, 2.45) is 0 Å². The van der Waals surface area contributed by atoms with E-state index in [-0.39, 0.29) is 0 Å². The zero-order valence-electron chi connectivity index (χ0n) is 10.1. The zero-order chi connectivity index (χ0) is 12.7. The highest BCUT2D eigenvalue weighted by atomic mass is 16.5. The van der Waals surface area contributed by atoms with Gasteiger partial charge in [-0.05, 0) is 18.9 Å². The molecule has 0 spiro atoms. The van der Waals surface area contributed by atoms with Gasteiger partial charge in [-0.25, -0.2) is 14.6 Å². The average Bonchev–Trinajstić information content (AvgIpc) is 3.19. The Morgan fingerprint density at radius 2 is 2.17 bits per heavy atom. The van der Waals surface area contributed by atoms with Gasteiger partial charge in [-0.1, -0.05) is 0 Å². The molecule has 2 heterocycles. The molecule has 18 heavy (non-hydrogen) atoms. The molecule has 94 valence electrons. The van der Waals surface area contributed by atoms with Crippen LogP contribution in [0.1, 0.15) is 24.6 Å². The summed E-state index contributed by atoms with van der Waals surface area (Å²) in [5.74, 6) is 8.27. The largest absolute Gasteiger partial charge is 0.481 e. The summed E-state index contributed by atoms with van der Waals surface area (Å²) >= 11 is 0. The van der Waals surface area contributed by atoms with Gasteiger partial charge in [0.15, 0.2) is 5.82 Å². The first kappa shape index (κ1) is 10.9. The van der Waals surface area contributed by atoms with Gasteiger partial charge in [0.25, 0.3) is 0 Å². The van der Waals surface area contributed by atoms with Gasteiger partial charge < -0.3 is 16.3 Å². The van der Waals surface area contributed by atoms with Crippen molar-refractivity contribution in [3.63, 3.8) is 0 Å². The van der Waals surface area contributed by atoms with Crippen LogP contribution in [0.5, 0.6) is 5.88 Å². The molecule has 0 saturated heterocycles. The monoisotopic (exact) mass is 245 g/mol. The highest BCUT2D eigenvalue weighted by Crippen LogP contribution is 2.41. The molecule has 3 rings (SSSR count). The maximum atomic E-state index is 5.99. The van der Waals surface area contributed by atoms with Crippen LogP contribution in [0.2, 0.25) is 0 Å². The van der Waals surface area contributed by atoms with Crippen LogP contribution in [-0.4, -0.2) is 21.8 Å². The number of ether oxygens (including phenoxy) is 1. The van der Waals surface area contributed by atoms with Crippen molar-refractivity contribution in [2.75, 3.05) is 18.7 Å². The first-order chi connectivity index (χ1) is 8.70. The molecule has 6 heteroatoms. The third-order valence-corrected chi connectivity index (χ3v) is 3.14. The van der Waals surface area contributed by atoms with Gasteiger partial charge in [0.1, 0.15) is 11.5 Å². The van der Waals surface area contributed by atoms with Crippen molar-refractivity contribution in [2.45, 2.75) is 18.8 Å². The van der Waals surface area contributed by atoms with E-state index >= 15 is 0 Å². The zero-order valence-corrected chi connectivity index (χ0v) is 10.1. The van der Waals surface area contributed by atoms with Gasteiger partial charge in [0.2, 0.25) is 5.88 Å². The first-order valence-corrected chi connectivity index (χ1v) is 5.84. The lowest BCUT2D eigenvalue weighted by atomic mass is 10.2. The summed E-state index contributed by atoms with van der Waals surface area (Å²) in [6.07, 6.45) is 3.95. The third kappa shape index (κ3) is 1.66. The van der Waals surface area contributed by atoms with E-state index in [0.717, 1.165) is 24.2 Å². The smallest absolute Gasteiger partial charge is 0.212 e. The van der Waals surface area contributed by atoms with Crippen LogP contribution in [0.4, 0.5) is 5.82 Å². The lowest BCUT2D eigenvalue weighted by Crippen LogP contribution is -2.14. The highest BCUT2D eigenvalue weighted by Gasteiger charge is 2.30. The fourth-order valence-electron chi connectivity index (χ4n) is 1.95. The predicted molar refractivity (Wildman–Crippen MR) is 68.5 cm³/mol. The van der Waals surface area contributed by atoms with E-state index in [4.69, 9.17) is 16.3 Å². The molecule has 0 bridgehead atoms. The number of methoxy groups -OCH3 is 1. The molecule has 0 amide bonds. The molecule has 6 nitrogen and oxygen atoms in total. The molecule has 4 N–H and O–H groups in total. The Morgan fingerprint density at radius 3 is 2.72 bits per heavy atom. The molecule has 2 aromatic rings. The SMILES string of the molecule is COc1ccc(-c2nc(C3CC3)n(N)c2N)cn1. The Labute approximate surface area is 105 Å². The number of pyridine rings is 1. The van der Waals surface area contributed by atoms with Crippen LogP contribution in [0.25, 0.3) is 11.3 Å². The number of anilines is 1. The molecule has 0 unspecified atom stereocenters. The van der Waals surface area contributed by atoms with Gasteiger partial charge in [-0.2, -0.15) is 0 Å². The number of rotatable bonds is 3. The van der Waals surface area contributed by atoms with Crippen LogP contribution < -0.4 is 16.3 Å². The Balaban J connectivity index is 2.02. The Kier molecular flexibility index (Phi) is 2.36. The minimum atomic E-state index is 0.456. The van der Waals surface area contributed by atoms with Gasteiger partial charge >= 0.3 is 0 Å². The molecule has 0 radical (unpaired) electrons. The molecule has 0 atom stereocenters. The first-order valence-electron chi connectivity index (χ1n) is 5.84. The van der Waals surface area contributed by atoms with E-state index in [2.05, 4.69) is 9.97 Å². The second kappa shape index (κ2) is 3.90. The summed E-state index contributed by atoms with van der Waals surface area (Å²) in [5.41, 5.74) is 7.52. The summed E-state index contributed by atoms with van der Waals surface area (Å²) in [6.45, 7) is 0. The summed E-state index contributed by atoms with van der Waals surface area (Å²) in [6, 6.07) is 3.66. The quantitative estimate of drug-likeness (QED) is 0.791. The number of nitrogen functional groups attached to an aromatic ring is 2. The Bertz CT molecular complexity index is 571. The van der Waals surface area contributed by atoms with Gasteiger partial charge in [0.05, 0.1) is 7.11 Å². The second-order valence-corrected chi connectivity index (χ2v) is 4.44. The maximum absolute atomic E-state index is 5.99. The highest BCUT2D eigenvalue weighted by molar-refractivity contribution is 5.70. The van der Waals surface area contributed by atoms with Crippen LogP contribution >= 0.6 is 0 Å². The minimum absolute atomic E-state index is 0.456. The van der Waals surface area contributed by atoms with E-state index < -0.39 is 0 Å². The molecule has 0 aliphatic heterocycles. The maximum Gasteiger partial charge on any atom is 0.212 e. The van der Waals surface area contributed by atoms with Crippen LogP contribution in [-0.2, 0) is 0 Å². The summed E-state index contributed by atoms with van der Waals surface area (Å²) in [4.78, 5) is 8.68. The van der Waals surface area contributed by atoms with Crippen LogP contribution in [0, 0.1) is 0 Å². The minimum Gasteiger partial charge on any atom is -0.481 e. The fraction of sp³-hybridized carbons (Fsp3) is 0.333. The van der Waals surface area contributed by atoms with E-state index in [1.54, 1.807) is 19.4 Å². The number of imidazole rings is 1. The molecule has 1 fully saturated rings. The molecule has 1 saturated carbocycles. The van der Waals surface area contributed by atoms with E-state index in [9.17, 15) is 0 Å². The molecule has 1 aliphatic rings. The lowest BCUT2D eigenvalue weighted by Gasteiger charge is -2.01. The van der Waals surface area contributed by atoms with Gasteiger partial charge in [-0.15, -0.1) is 0 Å². The fourth-order valence-corrected chi connectivity index (χ4v) is 1.95. The summed E-state index contributed by atoms with van der Waals surface area (Å²) in [5, 5.41) is 0. The third-order valence-electron chi connectivity index (χ3n) is 3.14. The molecule has 2 aromatic heterocycles. The number of hydrogen-bond acceptors (Lipinski definition) is 5. The average molecular weight is 245 g/mol. The van der Waals surface area contributed by atoms with Crippen molar-refractivity contribution in [1.82, 2.24) is 14.6 Å². The van der Waals surface area contributed by atoms with Crippen molar-refractivity contribution >= 4 is 5.82 Å².